The lowest BCUT2D eigenvalue weighted by Gasteiger charge is -2.24. The van der Waals surface area contributed by atoms with Gasteiger partial charge in [0.25, 0.3) is 5.91 Å². The molecule has 21 heavy (non-hydrogen) atoms. The van der Waals surface area contributed by atoms with E-state index >= 15 is 0 Å². The van der Waals surface area contributed by atoms with Crippen molar-refractivity contribution in [2.24, 2.45) is 0 Å². The van der Waals surface area contributed by atoms with Crippen LogP contribution in [0.3, 0.4) is 0 Å². The Balaban J connectivity index is 2.26. The van der Waals surface area contributed by atoms with Gasteiger partial charge in [-0.1, -0.05) is 23.2 Å². The fourth-order valence-corrected chi connectivity index (χ4v) is 4.03. The molecule has 1 heterocycles. The first kappa shape index (κ1) is 16.3. The summed E-state index contributed by atoms with van der Waals surface area (Å²) in [5.41, 5.74) is -1.04. The molecule has 0 radical (unpaired) electrons. The molecule has 0 aliphatic carbocycles. The molecule has 0 bridgehead atoms. The van der Waals surface area contributed by atoms with E-state index in [0.29, 0.717) is 17.9 Å². The average molecular weight is 350 g/mol. The van der Waals surface area contributed by atoms with Crippen LogP contribution in [0.15, 0.2) is 12.1 Å². The number of carbonyl (C=O) groups excluding carboxylic acids is 1. The van der Waals surface area contributed by atoms with Crippen LogP contribution < -0.4 is 10.1 Å². The largest absolute Gasteiger partial charge is 0.494 e. The zero-order valence-electron chi connectivity index (χ0n) is 11.1. The number of hydrogen-bond acceptors (Lipinski definition) is 4. The van der Waals surface area contributed by atoms with Gasteiger partial charge in [0, 0.05) is 11.3 Å². The van der Waals surface area contributed by atoms with Crippen molar-refractivity contribution >= 4 is 46.8 Å². The molecule has 1 fully saturated rings. The van der Waals surface area contributed by atoms with E-state index in [1.165, 1.54) is 31.0 Å². The summed E-state index contributed by atoms with van der Waals surface area (Å²) in [5, 5.41) is 12.3. The molecule has 0 aromatic heterocycles. The Kier molecular flexibility index (Phi) is 4.91. The highest BCUT2D eigenvalue weighted by molar-refractivity contribution is 7.99. The van der Waals surface area contributed by atoms with E-state index in [1.54, 1.807) is 0 Å². The van der Waals surface area contributed by atoms with Crippen molar-refractivity contribution < 1.29 is 19.4 Å². The van der Waals surface area contributed by atoms with E-state index < -0.39 is 17.4 Å². The van der Waals surface area contributed by atoms with Gasteiger partial charge in [0.1, 0.15) is 5.54 Å². The first-order chi connectivity index (χ1) is 9.89. The second-order valence-electron chi connectivity index (χ2n) is 4.62. The minimum atomic E-state index is -1.24. The molecule has 0 spiro atoms. The van der Waals surface area contributed by atoms with Crippen molar-refractivity contribution in [1.29, 1.82) is 0 Å². The van der Waals surface area contributed by atoms with E-state index in [1.807, 2.05) is 0 Å². The van der Waals surface area contributed by atoms with Gasteiger partial charge in [-0.25, -0.2) is 4.79 Å². The van der Waals surface area contributed by atoms with Crippen LogP contribution in [-0.4, -0.2) is 41.1 Å². The Labute approximate surface area is 135 Å². The van der Waals surface area contributed by atoms with Crippen LogP contribution in [0, 0.1) is 0 Å². The second-order valence-corrected chi connectivity index (χ2v) is 6.54. The van der Waals surface area contributed by atoms with Gasteiger partial charge in [0.15, 0.2) is 5.75 Å². The maximum Gasteiger partial charge on any atom is 0.330 e. The Bertz CT molecular complexity index is 565. The van der Waals surface area contributed by atoms with Crippen LogP contribution in [0.5, 0.6) is 5.75 Å². The van der Waals surface area contributed by atoms with Crippen molar-refractivity contribution in [3.63, 3.8) is 0 Å². The number of rotatable bonds is 4. The van der Waals surface area contributed by atoms with Crippen LogP contribution in [0.25, 0.3) is 0 Å². The summed E-state index contributed by atoms with van der Waals surface area (Å²) in [5.74, 6) is -0.250. The number of carbonyl (C=O) groups is 2. The zero-order chi connectivity index (χ0) is 15.6. The number of benzene rings is 1. The van der Waals surface area contributed by atoms with Crippen molar-refractivity contribution in [3.05, 3.63) is 27.7 Å². The number of ether oxygens (including phenoxy) is 1. The van der Waals surface area contributed by atoms with E-state index in [9.17, 15) is 14.7 Å². The molecule has 1 aliphatic heterocycles. The molecule has 2 N–H and O–H groups in total. The quantitative estimate of drug-likeness (QED) is 0.873. The fraction of sp³-hybridized carbons (Fsp3) is 0.385. The maximum absolute atomic E-state index is 12.3. The Morgan fingerprint density at radius 2 is 2.00 bits per heavy atom. The van der Waals surface area contributed by atoms with Gasteiger partial charge >= 0.3 is 5.97 Å². The van der Waals surface area contributed by atoms with Gasteiger partial charge in [-0.3, -0.25) is 4.79 Å². The molecule has 1 atom stereocenters. The molecule has 1 aliphatic rings. The van der Waals surface area contributed by atoms with Crippen LogP contribution in [-0.2, 0) is 4.79 Å². The monoisotopic (exact) mass is 349 g/mol. The van der Waals surface area contributed by atoms with Gasteiger partial charge in [-0.05, 0) is 24.3 Å². The first-order valence-corrected chi connectivity index (χ1v) is 7.97. The summed E-state index contributed by atoms with van der Waals surface area (Å²) in [7, 11) is 1.42. The third-order valence-corrected chi connectivity index (χ3v) is 5.00. The molecular formula is C13H13Cl2NO4S. The lowest BCUT2D eigenvalue weighted by atomic mass is 9.98. The summed E-state index contributed by atoms with van der Waals surface area (Å²) in [6.07, 6.45) is 0.385. The van der Waals surface area contributed by atoms with Crippen molar-refractivity contribution in [1.82, 2.24) is 5.32 Å². The molecular weight excluding hydrogens is 337 g/mol. The molecule has 1 saturated heterocycles. The second kappa shape index (κ2) is 6.34. The van der Waals surface area contributed by atoms with E-state index in [0.717, 1.165) is 0 Å². The highest BCUT2D eigenvalue weighted by atomic mass is 35.5. The molecule has 1 aromatic carbocycles. The summed E-state index contributed by atoms with van der Waals surface area (Å²) < 4.78 is 5.01. The number of carboxylic acids is 1. The SMILES string of the molecule is COc1c(Cl)cc(C(=O)N[C@@]2(C(=O)O)CCSC2)cc1Cl. The van der Waals surface area contributed by atoms with E-state index in [2.05, 4.69) is 5.32 Å². The predicted molar refractivity (Wildman–Crippen MR) is 82.8 cm³/mol. The highest BCUT2D eigenvalue weighted by Crippen LogP contribution is 2.34. The number of thioether (sulfide) groups is 1. The van der Waals surface area contributed by atoms with Crippen LogP contribution >= 0.6 is 35.0 Å². The summed E-state index contributed by atoms with van der Waals surface area (Å²) in [6, 6.07) is 2.80. The third kappa shape index (κ3) is 3.22. The van der Waals surface area contributed by atoms with E-state index in [-0.39, 0.29) is 21.4 Å². The van der Waals surface area contributed by atoms with Gasteiger partial charge in [-0.15, -0.1) is 0 Å². The lowest BCUT2D eigenvalue weighted by Crippen LogP contribution is -2.54. The maximum atomic E-state index is 12.3. The standard InChI is InChI=1S/C13H13Cl2NO4S/c1-20-10-8(14)4-7(5-9(10)15)11(17)16-13(12(18)19)2-3-21-6-13/h4-5H,2-3,6H2,1H3,(H,16,17)(H,18,19)/t13-/m0/s1. The Morgan fingerprint density at radius 3 is 2.43 bits per heavy atom. The average Bonchev–Trinajstić information content (AvgIpc) is 2.88. The lowest BCUT2D eigenvalue weighted by molar-refractivity contribution is -0.143. The van der Waals surface area contributed by atoms with Gasteiger partial charge < -0.3 is 15.2 Å². The molecule has 0 unspecified atom stereocenters. The minimum absolute atomic E-state index is 0.195. The van der Waals surface area contributed by atoms with Gasteiger partial charge in [-0.2, -0.15) is 11.8 Å². The molecule has 8 heteroatoms. The molecule has 1 aromatic rings. The molecule has 5 nitrogen and oxygen atoms in total. The number of hydrogen-bond donors (Lipinski definition) is 2. The number of nitrogens with one attached hydrogen (secondary N) is 1. The Morgan fingerprint density at radius 1 is 1.38 bits per heavy atom. The first-order valence-electron chi connectivity index (χ1n) is 6.06. The predicted octanol–water partition coefficient (Wildman–Crippen LogP) is 2.69. The number of halogens is 2. The van der Waals surface area contributed by atoms with Crippen LogP contribution in [0.1, 0.15) is 16.8 Å². The number of amides is 1. The van der Waals surface area contributed by atoms with Crippen molar-refractivity contribution in [2.45, 2.75) is 12.0 Å². The minimum Gasteiger partial charge on any atom is -0.494 e. The van der Waals surface area contributed by atoms with Gasteiger partial charge in [0.05, 0.1) is 17.2 Å². The van der Waals surface area contributed by atoms with Gasteiger partial charge in [0.2, 0.25) is 0 Å². The van der Waals surface area contributed by atoms with Crippen LogP contribution in [0.2, 0.25) is 10.0 Å². The topological polar surface area (TPSA) is 75.6 Å². The number of aliphatic carboxylic acids is 1. The van der Waals surface area contributed by atoms with Crippen LogP contribution in [0.4, 0.5) is 0 Å². The Hall–Kier alpha value is -1.11. The molecule has 0 saturated carbocycles. The molecule has 114 valence electrons. The van der Waals surface area contributed by atoms with Crippen molar-refractivity contribution in [3.8, 4) is 5.75 Å². The number of methoxy groups -OCH3 is 1. The smallest absolute Gasteiger partial charge is 0.330 e. The molecule has 2 rings (SSSR count). The highest BCUT2D eigenvalue weighted by Gasteiger charge is 2.43. The summed E-state index contributed by atoms with van der Waals surface area (Å²) >= 11 is 13.5. The summed E-state index contributed by atoms with van der Waals surface area (Å²) in [4.78, 5) is 23.7. The zero-order valence-corrected chi connectivity index (χ0v) is 13.4. The normalized spacial score (nSPS) is 21.1. The van der Waals surface area contributed by atoms with Crippen molar-refractivity contribution in [2.75, 3.05) is 18.6 Å². The molecule has 1 amide bonds. The van der Waals surface area contributed by atoms with E-state index in [4.69, 9.17) is 27.9 Å². The fourth-order valence-electron chi connectivity index (χ4n) is 2.06. The third-order valence-electron chi connectivity index (χ3n) is 3.25. The summed E-state index contributed by atoms with van der Waals surface area (Å²) in [6.45, 7) is 0. The number of carboxylic acid groups (broad SMARTS) is 1.